The predicted molar refractivity (Wildman–Crippen MR) is 56.4 cm³/mol. The van der Waals surface area contributed by atoms with E-state index in [1.54, 1.807) is 6.07 Å². The Hall–Kier alpha value is -1.07. The fourth-order valence-corrected chi connectivity index (χ4v) is 1.70. The first-order chi connectivity index (χ1) is 6.63. The highest BCUT2D eigenvalue weighted by atomic mass is 35.5. The van der Waals surface area contributed by atoms with Crippen LogP contribution in [0.4, 0.5) is 11.8 Å². The average molecular weight is 214 g/mol. The molecular formula is C8H12ClN5. The number of likely N-dealkylation sites (N-methyl/N-ethyl adjacent to an activating group) is 1. The molecule has 5 nitrogen and oxygen atoms in total. The number of rotatable bonds is 2. The van der Waals surface area contributed by atoms with E-state index in [2.05, 4.69) is 27.2 Å². The van der Waals surface area contributed by atoms with Crippen LogP contribution in [-0.2, 0) is 0 Å². The number of nitrogen functional groups attached to an aromatic ring is 1. The molecule has 0 spiro atoms. The van der Waals surface area contributed by atoms with Crippen LogP contribution in [0.15, 0.2) is 6.07 Å². The van der Waals surface area contributed by atoms with Crippen molar-refractivity contribution >= 4 is 23.4 Å². The summed E-state index contributed by atoms with van der Waals surface area (Å²) in [6.45, 7) is 2.03. The highest BCUT2D eigenvalue weighted by molar-refractivity contribution is 6.29. The molecule has 76 valence electrons. The molecule has 0 aromatic carbocycles. The van der Waals surface area contributed by atoms with Crippen molar-refractivity contribution in [2.75, 3.05) is 31.2 Å². The van der Waals surface area contributed by atoms with Gasteiger partial charge in [0.25, 0.3) is 0 Å². The second-order valence-electron chi connectivity index (χ2n) is 3.50. The van der Waals surface area contributed by atoms with E-state index in [4.69, 9.17) is 17.3 Å². The first kappa shape index (κ1) is 9.48. The van der Waals surface area contributed by atoms with Crippen LogP contribution < -0.4 is 11.1 Å². The second kappa shape index (κ2) is 3.59. The highest BCUT2D eigenvalue weighted by Crippen LogP contribution is 2.16. The van der Waals surface area contributed by atoms with Gasteiger partial charge in [0, 0.05) is 19.2 Å². The molecule has 1 aromatic heterocycles. The van der Waals surface area contributed by atoms with Gasteiger partial charge >= 0.3 is 0 Å². The van der Waals surface area contributed by atoms with E-state index in [-0.39, 0.29) is 5.95 Å². The third kappa shape index (κ3) is 2.05. The van der Waals surface area contributed by atoms with Crippen LogP contribution in [0.3, 0.4) is 0 Å². The third-order valence-corrected chi connectivity index (χ3v) is 2.32. The zero-order valence-electron chi connectivity index (χ0n) is 7.87. The van der Waals surface area contributed by atoms with Gasteiger partial charge in [-0.1, -0.05) is 11.6 Å². The Bertz CT molecular complexity index is 316. The maximum absolute atomic E-state index is 5.74. The van der Waals surface area contributed by atoms with Crippen molar-refractivity contribution in [3.05, 3.63) is 11.2 Å². The lowest BCUT2D eigenvalue weighted by atomic mass is 10.1. The fraction of sp³-hybridized carbons (Fsp3) is 0.500. The van der Waals surface area contributed by atoms with Gasteiger partial charge in [0.05, 0.1) is 6.04 Å². The van der Waals surface area contributed by atoms with Crippen LogP contribution in [0, 0.1) is 0 Å². The van der Waals surface area contributed by atoms with E-state index in [1.807, 2.05) is 0 Å². The Morgan fingerprint density at radius 3 is 2.86 bits per heavy atom. The molecule has 0 unspecified atom stereocenters. The minimum Gasteiger partial charge on any atom is -0.368 e. The number of aromatic nitrogens is 2. The molecule has 6 heteroatoms. The minimum atomic E-state index is 0.202. The summed E-state index contributed by atoms with van der Waals surface area (Å²) in [5.41, 5.74) is 5.46. The molecule has 3 N–H and O–H groups in total. The van der Waals surface area contributed by atoms with Gasteiger partial charge in [0.2, 0.25) is 5.95 Å². The van der Waals surface area contributed by atoms with Crippen LogP contribution in [0.1, 0.15) is 0 Å². The molecule has 0 bridgehead atoms. The molecule has 1 aromatic rings. The van der Waals surface area contributed by atoms with Gasteiger partial charge in [-0.15, -0.1) is 0 Å². The Kier molecular flexibility index (Phi) is 2.43. The van der Waals surface area contributed by atoms with E-state index in [9.17, 15) is 0 Å². The maximum atomic E-state index is 5.74. The standard InChI is InChI=1S/C8H12ClN5/c1-14-3-5(4-14)11-7-2-6(9)12-8(10)13-7/h2,5H,3-4H2,1H3,(H3,10,11,12,13). The van der Waals surface area contributed by atoms with Crippen molar-refractivity contribution in [3.8, 4) is 0 Å². The van der Waals surface area contributed by atoms with E-state index < -0.39 is 0 Å². The summed E-state index contributed by atoms with van der Waals surface area (Å²) < 4.78 is 0. The number of nitrogens with zero attached hydrogens (tertiary/aromatic N) is 3. The van der Waals surface area contributed by atoms with Gasteiger partial charge < -0.3 is 16.0 Å². The number of hydrogen-bond donors (Lipinski definition) is 2. The SMILES string of the molecule is CN1CC(Nc2cc(Cl)nc(N)n2)C1. The molecule has 0 amide bonds. The lowest BCUT2D eigenvalue weighted by molar-refractivity contribution is 0.205. The topological polar surface area (TPSA) is 67.1 Å². The normalized spacial score (nSPS) is 17.9. The van der Waals surface area contributed by atoms with E-state index in [0.29, 0.717) is 17.0 Å². The molecule has 1 aliphatic rings. The van der Waals surface area contributed by atoms with Gasteiger partial charge in [0.1, 0.15) is 11.0 Å². The van der Waals surface area contributed by atoms with E-state index in [0.717, 1.165) is 13.1 Å². The number of likely N-dealkylation sites (tertiary alicyclic amines) is 1. The van der Waals surface area contributed by atoms with Crippen molar-refractivity contribution in [2.24, 2.45) is 0 Å². The fourth-order valence-electron chi connectivity index (χ4n) is 1.51. The number of nitrogens with two attached hydrogens (primary N) is 1. The van der Waals surface area contributed by atoms with Crippen LogP contribution >= 0.6 is 11.6 Å². The Labute approximate surface area is 87.3 Å². The summed E-state index contributed by atoms with van der Waals surface area (Å²) in [4.78, 5) is 10.0. The average Bonchev–Trinajstić information content (AvgIpc) is 1.99. The van der Waals surface area contributed by atoms with Crippen LogP contribution in [-0.4, -0.2) is 41.0 Å². The van der Waals surface area contributed by atoms with Gasteiger partial charge in [-0.2, -0.15) is 4.98 Å². The number of nitrogens with one attached hydrogen (secondary N) is 1. The van der Waals surface area contributed by atoms with E-state index in [1.165, 1.54) is 0 Å². The van der Waals surface area contributed by atoms with Crippen molar-refractivity contribution in [3.63, 3.8) is 0 Å². The molecule has 14 heavy (non-hydrogen) atoms. The second-order valence-corrected chi connectivity index (χ2v) is 3.88. The largest absolute Gasteiger partial charge is 0.368 e. The molecule has 0 aliphatic carbocycles. The summed E-state index contributed by atoms with van der Waals surface area (Å²) >= 11 is 5.74. The van der Waals surface area contributed by atoms with Crippen LogP contribution in [0.5, 0.6) is 0 Å². The van der Waals surface area contributed by atoms with E-state index >= 15 is 0 Å². The first-order valence-corrected chi connectivity index (χ1v) is 4.76. The summed E-state index contributed by atoms with van der Waals surface area (Å²) in [6.07, 6.45) is 0. The zero-order chi connectivity index (χ0) is 10.1. The quantitative estimate of drug-likeness (QED) is 0.698. The van der Waals surface area contributed by atoms with Gasteiger partial charge in [-0.3, -0.25) is 0 Å². The molecule has 0 radical (unpaired) electrons. The summed E-state index contributed by atoms with van der Waals surface area (Å²) in [7, 11) is 2.07. The molecule has 0 atom stereocenters. The molecule has 2 rings (SSSR count). The molecule has 1 fully saturated rings. The lowest BCUT2D eigenvalue weighted by Crippen LogP contribution is -2.52. The Balaban J connectivity index is 2.02. The third-order valence-electron chi connectivity index (χ3n) is 2.13. The molecule has 1 saturated heterocycles. The maximum Gasteiger partial charge on any atom is 0.223 e. The van der Waals surface area contributed by atoms with Crippen molar-refractivity contribution in [1.82, 2.24) is 14.9 Å². The van der Waals surface area contributed by atoms with Crippen molar-refractivity contribution in [2.45, 2.75) is 6.04 Å². The van der Waals surface area contributed by atoms with Crippen LogP contribution in [0.2, 0.25) is 5.15 Å². The number of halogens is 1. The summed E-state index contributed by atoms with van der Waals surface area (Å²) in [6, 6.07) is 2.11. The van der Waals surface area contributed by atoms with Gasteiger partial charge in [0.15, 0.2) is 0 Å². The highest BCUT2D eigenvalue weighted by Gasteiger charge is 2.23. The smallest absolute Gasteiger partial charge is 0.223 e. The monoisotopic (exact) mass is 213 g/mol. The van der Waals surface area contributed by atoms with Gasteiger partial charge in [-0.25, -0.2) is 4.98 Å². The minimum absolute atomic E-state index is 0.202. The zero-order valence-corrected chi connectivity index (χ0v) is 8.62. The Morgan fingerprint density at radius 1 is 1.57 bits per heavy atom. The Morgan fingerprint density at radius 2 is 2.29 bits per heavy atom. The van der Waals surface area contributed by atoms with Gasteiger partial charge in [-0.05, 0) is 7.05 Å². The van der Waals surface area contributed by atoms with Crippen molar-refractivity contribution < 1.29 is 0 Å². The molecule has 1 aliphatic heterocycles. The molecule has 0 saturated carbocycles. The molecular weight excluding hydrogens is 202 g/mol. The summed E-state index contributed by atoms with van der Waals surface area (Å²) in [5, 5.41) is 3.60. The lowest BCUT2D eigenvalue weighted by Gasteiger charge is -2.36. The molecule has 2 heterocycles. The summed E-state index contributed by atoms with van der Waals surface area (Å²) in [5.74, 6) is 0.897. The van der Waals surface area contributed by atoms with Crippen molar-refractivity contribution in [1.29, 1.82) is 0 Å². The number of anilines is 2. The predicted octanol–water partition coefficient (Wildman–Crippen LogP) is 0.438. The van der Waals surface area contributed by atoms with Crippen LogP contribution in [0.25, 0.3) is 0 Å². The first-order valence-electron chi connectivity index (χ1n) is 4.38. The number of hydrogen-bond acceptors (Lipinski definition) is 5.